The smallest absolute Gasteiger partial charge is 0.266 e. The van der Waals surface area contributed by atoms with Gasteiger partial charge >= 0.3 is 0 Å². The maximum atomic E-state index is 12.5. The van der Waals surface area contributed by atoms with Gasteiger partial charge in [-0.15, -0.1) is 0 Å². The molecule has 1 amide bonds. The van der Waals surface area contributed by atoms with E-state index in [-0.39, 0.29) is 10.7 Å². The molecule has 0 saturated carbocycles. The zero-order chi connectivity index (χ0) is 19.4. The Labute approximate surface area is 161 Å². The highest BCUT2D eigenvalue weighted by Crippen LogP contribution is 2.26. The molecule has 0 aliphatic rings. The SMILES string of the molecule is COc1ccccc1NC(=O)/C(C#N)=C/c1cc2cccc(C)c2nc1Cl. The number of aryl methyl sites for hydroxylation is 1. The molecule has 27 heavy (non-hydrogen) atoms. The molecule has 1 N–H and O–H groups in total. The molecule has 0 aliphatic carbocycles. The Bertz CT molecular complexity index is 1100. The van der Waals surface area contributed by atoms with E-state index >= 15 is 0 Å². The minimum absolute atomic E-state index is 0.0865. The highest BCUT2D eigenvalue weighted by atomic mass is 35.5. The molecule has 0 bridgehead atoms. The molecule has 0 radical (unpaired) electrons. The number of pyridine rings is 1. The average Bonchev–Trinajstić information content (AvgIpc) is 2.67. The Kier molecular flexibility index (Phi) is 5.39. The molecule has 0 atom stereocenters. The maximum absolute atomic E-state index is 12.5. The number of rotatable bonds is 4. The topological polar surface area (TPSA) is 75.0 Å². The van der Waals surface area contributed by atoms with Gasteiger partial charge in [0.15, 0.2) is 0 Å². The lowest BCUT2D eigenvalue weighted by atomic mass is 10.1. The third-order valence-corrected chi connectivity index (χ3v) is 4.35. The van der Waals surface area contributed by atoms with E-state index in [2.05, 4.69) is 10.3 Å². The van der Waals surface area contributed by atoms with Crippen molar-refractivity contribution in [1.82, 2.24) is 4.98 Å². The summed E-state index contributed by atoms with van der Waals surface area (Å²) < 4.78 is 5.21. The summed E-state index contributed by atoms with van der Waals surface area (Å²) in [6, 6.07) is 16.5. The Hall–Kier alpha value is -3.36. The molecule has 6 heteroatoms. The van der Waals surface area contributed by atoms with Crippen LogP contribution in [0.15, 0.2) is 54.1 Å². The van der Waals surface area contributed by atoms with Crippen LogP contribution in [-0.2, 0) is 4.79 Å². The molecule has 0 aliphatic heterocycles. The van der Waals surface area contributed by atoms with Gasteiger partial charge in [-0.05, 0) is 36.8 Å². The van der Waals surface area contributed by atoms with Gasteiger partial charge in [0.25, 0.3) is 5.91 Å². The van der Waals surface area contributed by atoms with Gasteiger partial charge in [0.05, 0.1) is 18.3 Å². The number of anilines is 1. The van der Waals surface area contributed by atoms with Crippen LogP contribution in [0.2, 0.25) is 5.15 Å². The van der Waals surface area contributed by atoms with E-state index in [1.165, 1.54) is 13.2 Å². The monoisotopic (exact) mass is 377 g/mol. The molecule has 1 heterocycles. The molecule has 0 unspecified atom stereocenters. The second kappa shape index (κ2) is 7.90. The quantitative estimate of drug-likeness (QED) is 0.404. The Balaban J connectivity index is 1.97. The number of nitrogens with zero attached hydrogens (tertiary/aromatic N) is 2. The molecule has 1 aromatic heterocycles. The number of hydrogen-bond acceptors (Lipinski definition) is 4. The third kappa shape index (κ3) is 3.91. The van der Waals surface area contributed by atoms with Crippen molar-refractivity contribution >= 4 is 40.2 Å². The summed E-state index contributed by atoms with van der Waals surface area (Å²) in [6.07, 6.45) is 1.43. The predicted octanol–water partition coefficient (Wildman–Crippen LogP) is 4.75. The largest absolute Gasteiger partial charge is 0.495 e. The maximum Gasteiger partial charge on any atom is 0.266 e. The third-order valence-electron chi connectivity index (χ3n) is 4.05. The van der Waals surface area contributed by atoms with Gasteiger partial charge in [0, 0.05) is 10.9 Å². The second-order valence-electron chi connectivity index (χ2n) is 5.84. The summed E-state index contributed by atoms with van der Waals surface area (Å²) in [7, 11) is 1.51. The first-order valence-corrected chi connectivity index (χ1v) is 8.53. The standard InChI is InChI=1S/C21H16ClN3O2/c1-13-6-5-7-14-10-15(20(22)25-19(13)14)11-16(12-23)21(26)24-17-8-3-4-9-18(17)27-2/h3-11H,1-2H3,(H,24,26)/b16-11+. The van der Waals surface area contributed by atoms with Crippen molar-refractivity contribution in [3.05, 3.63) is 70.4 Å². The summed E-state index contributed by atoms with van der Waals surface area (Å²) >= 11 is 6.27. The molecule has 134 valence electrons. The van der Waals surface area contributed by atoms with Crippen LogP contribution in [-0.4, -0.2) is 18.0 Å². The number of aromatic nitrogens is 1. The minimum atomic E-state index is -0.553. The Morgan fingerprint density at radius 3 is 2.78 bits per heavy atom. The fourth-order valence-corrected chi connectivity index (χ4v) is 2.88. The van der Waals surface area contributed by atoms with Gasteiger partial charge in [0.1, 0.15) is 22.5 Å². The molecular formula is C21H16ClN3O2. The van der Waals surface area contributed by atoms with Crippen molar-refractivity contribution < 1.29 is 9.53 Å². The van der Waals surface area contributed by atoms with Crippen LogP contribution in [0.4, 0.5) is 5.69 Å². The number of nitrogens with one attached hydrogen (secondary N) is 1. The van der Waals surface area contributed by atoms with Gasteiger partial charge in [-0.3, -0.25) is 4.79 Å². The van der Waals surface area contributed by atoms with Gasteiger partial charge in [-0.2, -0.15) is 5.26 Å². The van der Waals surface area contributed by atoms with Crippen molar-refractivity contribution in [2.45, 2.75) is 6.92 Å². The fraction of sp³-hybridized carbons (Fsp3) is 0.0952. The highest BCUT2D eigenvalue weighted by Gasteiger charge is 2.14. The number of halogens is 1. The molecule has 0 fully saturated rings. The van der Waals surface area contributed by atoms with E-state index in [0.717, 1.165) is 16.5 Å². The second-order valence-corrected chi connectivity index (χ2v) is 6.20. The Morgan fingerprint density at radius 1 is 1.26 bits per heavy atom. The number of carbonyl (C=O) groups excluding carboxylic acids is 1. The lowest BCUT2D eigenvalue weighted by molar-refractivity contribution is -0.112. The fourth-order valence-electron chi connectivity index (χ4n) is 2.68. The summed E-state index contributed by atoms with van der Waals surface area (Å²) in [5, 5.41) is 13.2. The first kappa shape index (κ1) is 18.4. The zero-order valence-corrected chi connectivity index (χ0v) is 15.5. The molecule has 2 aromatic carbocycles. The number of benzene rings is 2. The molecule has 3 rings (SSSR count). The lowest BCUT2D eigenvalue weighted by Gasteiger charge is -2.09. The Morgan fingerprint density at radius 2 is 2.04 bits per heavy atom. The van der Waals surface area contributed by atoms with Crippen molar-refractivity contribution in [3.8, 4) is 11.8 Å². The molecule has 3 aromatic rings. The van der Waals surface area contributed by atoms with Gasteiger partial charge < -0.3 is 10.1 Å². The van der Waals surface area contributed by atoms with E-state index < -0.39 is 5.91 Å². The normalized spacial score (nSPS) is 11.1. The minimum Gasteiger partial charge on any atom is -0.495 e. The van der Waals surface area contributed by atoms with Crippen LogP contribution in [0, 0.1) is 18.3 Å². The molecule has 5 nitrogen and oxygen atoms in total. The van der Waals surface area contributed by atoms with Gasteiger partial charge in [-0.1, -0.05) is 41.9 Å². The van der Waals surface area contributed by atoms with Crippen LogP contribution in [0.5, 0.6) is 5.75 Å². The van der Waals surface area contributed by atoms with Crippen LogP contribution >= 0.6 is 11.6 Å². The van der Waals surface area contributed by atoms with E-state index in [1.807, 2.05) is 37.3 Å². The van der Waals surface area contributed by atoms with Gasteiger partial charge in [0.2, 0.25) is 0 Å². The highest BCUT2D eigenvalue weighted by molar-refractivity contribution is 6.31. The summed E-state index contributed by atoms with van der Waals surface area (Å²) in [5.41, 5.74) is 2.68. The van der Waals surface area contributed by atoms with E-state index in [1.54, 1.807) is 24.3 Å². The number of nitriles is 1. The first-order valence-electron chi connectivity index (χ1n) is 8.15. The zero-order valence-electron chi connectivity index (χ0n) is 14.8. The van der Waals surface area contributed by atoms with Crippen molar-refractivity contribution in [2.75, 3.05) is 12.4 Å². The van der Waals surface area contributed by atoms with Gasteiger partial charge in [-0.25, -0.2) is 4.98 Å². The van der Waals surface area contributed by atoms with E-state index in [0.29, 0.717) is 17.0 Å². The average molecular weight is 378 g/mol. The van der Waals surface area contributed by atoms with Crippen molar-refractivity contribution in [2.24, 2.45) is 0 Å². The summed E-state index contributed by atoms with van der Waals surface area (Å²) in [4.78, 5) is 16.9. The number of amides is 1. The van der Waals surface area contributed by atoms with E-state index in [9.17, 15) is 10.1 Å². The predicted molar refractivity (Wildman–Crippen MR) is 107 cm³/mol. The van der Waals surface area contributed by atoms with E-state index in [4.69, 9.17) is 16.3 Å². The molecule has 0 saturated heterocycles. The van der Waals surface area contributed by atoms with Crippen molar-refractivity contribution in [3.63, 3.8) is 0 Å². The summed E-state index contributed by atoms with van der Waals surface area (Å²) in [5.74, 6) is -0.0496. The van der Waals surface area contributed by atoms with Crippen LogP contribution in [0.3, 0.4) is 0 Å². The van der Waals surface area contributed by atoms with Crippen LogP contribution in [0.1, 0.15) is 11.1 Å². The number of carbonyl (C=O) groups is 1. The summed E-state index contributed by atoms with van der Waals surface area (Å²) in [6.45, 7) is 1.95. The first-order chi connectivity index (χ1) is 13.0. The molecular weight excluding hydrogens is 362 g/mol. The number of fused-ring (bicyclic) bond motifs is 1. The van der Waals surface area contributed by atoms with Crippen LogP contribution < -0.4 is 10.1 Å². The lowest BCUT2D eigenvalue weighted by Crippen LogP contribution is -2.14. The van der Waals surface area contributed by atoms with Crippen LogP contribution in [0.25, 0.3) is 17.0 Å². The number of methoxy groups -OCH3 is 1. The number of hydrogen-bond donors (Lipinski definition) is 1. The van der Waals surface area contributed by atoms with Crippen molar-refractivity contribution in [1.29, 1.82) is 5.26 Å². The number of para-hydroxylation sites is 3. The number of ether oxygens (including phenoxy) is 1. The molecule has 0 spiro atoms.